The summed E-state index contributed by atoms with van der Waals surface area (Å²) in [6, 6.07) is 13.1. The normalized spacial score (nSPS) is 14.1. The number of ether oxygens (including phenoxy) is 2. The van der Waals surface area contributed by atoms with Crippen LogP contribution in [0.3, 0.4) is 0 Å². The summed E-state index contributed by atoms with van der Waals surface area (Å²) in [5, 5.41) is 11.4. The van der Waals surface area contributed by atoms with E-state index < -0.39 is 16.7 Å². The van der Waals surface area contributed by atoms with Gasteiger partial charge in [0, 0.05) is 30.8 Å². The van der Waals surface area contributed by atoms with E-state index in [9.17, 15) is 19.3 Å². The van der Waals surface area contributed by atoms with Crippen molar-refractivity contribution in [2.45, 2.75) is 25.9 Å². The monoisotopic (exact) mass is 466 g/mol. The highest BCUT2D eigenvalue weighted by atomic mass is 19.1. The average molecular weight is 466 g/mol. The quantitative estimate of drug-likeness (QED) is 0.270. The second-order valence-corrected chi connectivity index (χ2v) is 7.73. The van der Waals surface area contributed by atoms with Crippen LogP contribution in [0.5, 0.6) is 11.6 Å². The molecule has 10 heteroatoms. The van der Waals surface area contributed by atoms with Gasteiger partial charge in [-0.1, -0.05) is 0 Å². The first-order chi connectivity index (χ1) is 16.4. The summed E-state index contributed by atoms with van der Waals surface area (Å²) in [6.07, 6.45) is 1.77. The molecule has 0 unspecified atom stereocenters. The number of carbonyl (C=O) groups is 1. The molecule has 0 saturated carbocycles. The van der Waals surface area contributed by atoms with Crippen LogP contribution in [0.2, 0.25) is 0 Å². The Bertz CT molecular complexity index is 1160. The van der Waals surface area contributed by atoms with Crippen molar-refractivity contribution in [2.24, 2.45) is 0 Å². The first kappa shape index (κ1) is 23.2. The molecule has 0 atom stereocenters. The van der Waals surface area contributed by atoms with Gasteiger partial charge >= 0.3 is 11.8 Å². The van der Waals surface area contributed by atoms with Crippen LogP contribution in [0.4, 0.5) is 16.2 Å². The molecule has 1 aliphatic rings. The van der Waals surface area contributed by atoms with Gasteiger partial charge in [-0.25, -0.2) is 4.39 Å². The van der Waals surface area contributed by atoms with Gasteiger partial charge in [-0.15, -0.1) is 0 Å². The Morgan fingerprint density at radius 2 is 1.71 bits per heavy atom. The zero-order valence-electron chi connectivity index (χ0n) is 18.5. The van der Waals surface area contributed by atoms with Crippen molar-refractivity contribution in [3.8, 4) is 11.6 Å². The summed E-state index contributed by atoms with van der Waals surface area (Å²) >= 11 is 0. The lowest BCUT2D eigenvalue weighted by Crippen LogP contribution is -2.37. The van der Waals surface area contributed by atoms with E-state index in [0.717, 1.165) is 12.8 Å². The van der Waals surface area contributed by atoms with Crippen molar-refractivity contribution in [1.82, 2.24) is 9.97 Å². The fourth-order valence-electron chi connectivity index (χ4n) is 3.75. The molecule has 1 fully saturated rings. The van der Waals surface area contributed by atoms with Crippen molar-refractivity contribution in [2.75, 3.05) is 24.6 Å². The molecular formula is C24H23FN4O5. The third-order valence-corrected chi connectivity index (χ3v) is 5.45. The Morgan fingerprint density at radius 3 is 2.29 bits per heavy atom. The molecule has 1 aromatic heterocycles. The zero-order valence-corrected chi connectivity index (χ0v) is 18.5. The Kier molecular flexibility index (Phi) is 7.07. The Labute approximate surface area is 195 Å². The highest BCUT2D eigenvalue weighted by molar-refractivity contribution is 6.09. The molecule has 0 spiro atoms. The van der Waals surface area contributed by atoms with Crippen LogP contribution in [0.15, 0.2) is 54.6 Å². The summed E-state index contributed by atoms with van der Waals surface area (Å²) in [7, 11) is 0. The molecule has 2 heterocycles. The number of aromatic nitrogens is 2. The molecule has 176 valence electrons. The van der Waals surface area contributed by atoms with Gasteiger partial charge in [-0.3, -0.25) is 4.79 Å². The van der Waals surface area contributed by atoms with Gasteiger partial charge in [0.15, 0.2) is 5.78 Å². The lowest BCUT2D eigenvalue weighted by Gasteiger charge is -2.31. The SMILES string of the molecule is CCOC1CCN(c2cc(Oc3ccc(C(=O)c4ccc(F)cc4)cc3)nc([N+](=O)[O-])n2)CC1. The minimum atomic E-state index is -0.659. The number of ketones is 1. The number of carbonyl (C=O) groups excluding carboxylic acids is 1. The Morgan fingerprint density at radius 1 is 1.09 bits per heavy atom. The van der Waals surface area contributed by atoms with Gasteiger partial charge in [0.25, 0.3) is 0 Å². The van der Waals surface area contributed by atoms with Crippen LogP contribution in [0.1, 0.15) is 35.7 Å². The zero-order chi connectivity index (χ0) is 24.1. The number of hydrogen-bond donors (Lipinski definition) is 0. The predicted octanol–water partition coefficient (Wildman–Crippen LogP) is 4.55. The first-order valence-corrected chi connectivity index (χ1v) is 10.9. The number of nitrogens with zero attached hydrogens (tertiary/aromatic N) is 4. The van der Waals surface area contributed by atoms with Gasteiger partial charge in [-0.2, -0.15) is 0 Å². The average Bonchev–Trinajstić information content (AvgIpc) is 2.85. The van der Waals surface area contributed by atoms with E-state index in [1.54, 1.807) is 30.3 Å². The maximum Gasteiger partial charge on any atom is 0.474 e. The van der Waals surface area contributed by atoms with E-state index in [1.807, 2.05) is 11.8 Å². The molecule has 0 N–H and O–H groups in total. The largest absolute Gasteiger partial charge is 0.474 e. The highest BCUT2D eigenvalue weighted by Gasteiger charge is 2.26. The fourth-order valence-corrected chi connectivity index (χ4v) is 3.75. The lowest BCUT2D eigenvalue weighted by atomic mass is 10.0. The van der Waals surface area contributed by atoms with E-state index in [4.69, 9.17) is 9.47 Å². The number of hydrogen-bond acceptors (Lipinski definition) is 8. The molecule has 0 bridgehead atoms. The molecular weight excluding hydrogens is 443 g/mol. The minimum absolute atomic E-state index is 0.0289. The third kappa shape index (κ3) is 5.52. The van der Waals surface area contributed by atoms with Crippen molar-refractivity contribution >= 4 is 17.5 Å². The maximum atomic E-state index is 13.1. The van der Waals surface area contributed by atoms with Gasteiger partial charge in [0.1, 0.15) is 11.6 Å². The van der Waals surface area contributed by atoms with Crippen molar-refractivity contribution in [1.29, 1.82) is 0 Å². The lowest BCUT2D eigenvalue weighted by molar-refractivity contribution is -0.394. The number of rotatable bonds is 8. The van der Waals surface area contributed by atoms with Crippen LogP contribution in [-0.2, 0) is 4.74 Å². The topological polar surface area (TPSA) is 108 Å². The number of benzene rings is 2. The molecule has 4 rings (SSSR count). The molecule has 0 aliphatic carbocycles. The molecule has 0 radical (unpaired) electrons. The number of halogens is 1. The highest BCUT2D eigenvalue weighted by Crippen LogP contribution is 2.28. The van der Waals surface area contributed by atoms with Crippen molar-refractivity contribution in [3.05, 3.63) is 81.7 Å². The van der Waals surface area contributed by atoms with E-state index >= 15 is 0 Å². The molecule has 2 aromatic carbocycles. The summed E-state index contributed by atoms with van der Waals surface area (Å²) < 4.78 is 24.5. The molecule has 3 aromatic rings. The summed E-state index contributed by atoms with van der Waals surface area (Å²) in [5.74, 6) is -0.442. The minimum Gasteiger partial charge on any atom is -0.426 e. The van der Waals surface area contributed by atoms with Gasteiger partial charge in [0.2, 0.25) is 5.82 Å². The summed E-state index contributed by atoms with van der Waals surface area (Å²) in [4.78, 5) is 33.2. The summed E-state index contributed by atoms with van der Waals surface area (Å²) in [6.45, 7) is 3.90. The Hall–Kier alpha value is -3.92. The molecule has 0 amide bonds. The van der Waals surface area contributed by atoms with Gasteiger partial charge < -0.3 is 24.5 Å². The number of anilines is 1. The first-order valence-electron chi connectivity index (χ1n) is 10.9. The van der Waals surface area contributed by atoms with Crippen LogP contribution >= 0.6 is 0 Å². The smallest absolute Gasteiger partial charge is 0.426 e. The standard InChI is InChI=1S/C24H23FN4O5/c1-2-33-19-11-13-28(14-12-19)21-15-22(27-24(26-21)29(31)32)34-20-9-5-17(6-10-20)23(30)16-3-7-18(25)8-4-16/h3-10,15,19H,2,11-14H2,1H3. The molecule has 9 nitrogen and oxygen atoms in total. The van der Waals surface area contributed by atoms with Crippen LogP contribution in [0.25, 0.3) is 0 Å². The van der Waals surface area contributed by atoms with E-state index in [0.29, 0.717) is 42.4 Å². The number of nitro groups is 1. The predicted molar refractivity (Wildman–Crippen MR) is 122 cm³/mol. The van der Waals surface area contributed by atoms with E-state index in [1.165, 1.54) is 24.3 Å². The van der Waals surface area contributed by atoms with Crippen LogP contribution < -0.4 is 9.64 Å². The van der Waals surface area contributed by atoms with Crippen molar-refractivity contribution < 1.29 is 23.6 Å². The van der Waals surface area contributed by atoms with E-state index in [2.05, 4.69) is 9.97 Å². The molecule has 1 aliphatic heterocycles. The maximum absolute atomic E-state index is 13.1. The van der Waals surface area contributed by atoms with Crippen molar-refractivity contribution in [3.63, 3.8) is 0 Å². The molecule has 1 saturated heterocycles. The molecule has 34 heavy (non-hydrogen) atoms. The number of piperidine rings is 1. The van der Waals surface area contributed by atoms with Gasteiger partial charge in [0.05, 0.1) is 12.2 Å². The van der Waals surface area contributed by atoms with E-state index in [-0.39, 0.29) is 17.8 Å². The Balaban J connectivity index is 1.50. The summed E-state index contributed by atoms with van der Waals surface area (Å²) in [5.41, 5.74) is 0.754. The second-order valence-electron chi connectivity index (χ2n) is 7.73. The van der Waals surface area contributed by atoms with Crippen LogP contribution in [0, 0.1) is 15.9 Å². The third-order valence-electron chi connectivity index (χ3n) is 5.45. The second kappa shape index (κ2) is 10.3. The van der Waals surface area contributed by atoms with Gasteiger partial charge in [-0.05, 0) is 83.2 Å². The van der Waals surface area contributed by atoms with Crippen LogP contribution in [-0.4, -0.2) is 46.5 Å². The fraction of sp³-hybridized carbons (Fsp3) is 0.292.